The predicted octanol–water partition coefficient (Wildman–Crippen LogP) is 2.05. The van der Waals surface area contributed by atoms with Crippen LogP contribution in [0, 0.1) is 0 Å². The highest BCUT2D eigenvalue weighted by Gasteiger charge is 2.31. The molecule has 5 nitrogen and oxygen atoms in total. The molecule has 1 saturated heterocycles. The summed E-state index contributed by atoms with van der Waals surface area (Å²) in [5.74, 6) is 0.532. The summed E-state index contributed by atoms with van der Waals surface area (Å²) in [5.41, 5.74) is 7.83. The number of nitrogens with two attached hydrogens (primary N) is 1. The Morgan fingerprint density at radius 1 is 1.47 bits per heavy atom. The van der Waals surface area contributed by atoms with Crippen molar-refractivity contribution in [3.05, 3.63) is 30.9 Å². The van der Waals surface area contributed by atoms with Gasteiger partial charge in [0.2, 0.25) is 0 Å². The minimum Gasteiger partial charge on any atom is -0.383 e. The molecule has 1 fully saturated rings. The molecule has 0 aromatic carbocycles. The molecule has 1 aliphatic heterocycles. The monoisotopic (exact) mass is 258 g/mol. The maximum atomic E-state index is 5.97. The van der Waals surface area contributed by atoms with Gasteiger partial charge in [-0.25, -0.2) is 9.97 Å². The second-order valence-electron chi connectivity index (χ2n) is 5.24. The van der Waals surface area contributed by atoms with Crippen molar-refractivity contribution in [3.63, 3.8) is 0 Å². The lowest BCUT2D eigenvalue weighted by Crippen LogP contribution is -2.39. The van der Waals surface area contributed by atoms with E-state index in [9.17, 15) is 0 Å². The molecule has 19 heavy (non-hydrogen) atoms. The summed E-state index contributed by atoms with van der Waals surface area (Å²) >= 11 is 0. The first-order valence-corrected chi connectivity index (χ1v) is 6.52. The van der Waals surface area contributed by atoms with E-state index in [1.807, 2.05) is 24.7 Å². The van der Waals surface area contributed by atoms with Crippen molar-refractivity contribution < 1.29 is 4.74 Å². The largest absolute Gasteiger partial charge is 0.383 e. The van der Waals surface area contributed by atoms with Crippen molar-refractivity contribution in [2.24, 2.45) is 0 Å². The van der Waals surface area contributed by atoms with Crippen LogP contribution in [0.25, 0.3) is 11.3 Å². The molecule has 3 rings (SSSR count). The highest BCUT2D eigenvalue weighted by molar-refractivity contribution is 5.70. The summed E-state index contributed by atoms with van der Waals surface area (Å²) in [6.45, 7) is 3.75. The van der Waals surface area contributed by atoms with E-state index < -0.39 is 0 Å². The first-order chi connectivity index (χ1) is 9.21. The number of aromatic nitrogens is 3. The van der Waals surface area contributed by atoms with Crippen LogP contribution in [0.1, 0.15) is 19.8 Å². The molecule has 0 spiro atoms. The molecular weight excluding hydrogens is 240 g/mol. The topological polar surface area (TPSA) is 66.0 Å². The highest BCUT2D eigenvalue weighted by atomic mass is 16.5. The molecule has 0 radical (unpaired) electrons. The van der Waals surface area contributed by atoms with Gasteiger partial charge in [0.05, 0.1) is 30.4 Å². The van der Waals surface area contributed by atoms with Crippen LogP contribution in [-0.4, -0.2) is 27.7 Å². The Labute approximate surface area is 112 Å². The number of anilines is 1. The second kappa shape index (κ2) is 4.66. The van der Waals surface area contributed by atoms with E-state index in [1.165, 1.54) is 0 Å². The molecule has 1 atom stereocenters. The van der Waals surface area contributed by atoms with Crippen LogP contribution in [-0.2, 0) is 10.3 Å². The van der Waals surface area contributed by atoms with Gasteiger partial charge in [-0.15, -0.1) is 0 Å². The molecular formula is C14H18N4O. The van der Waals surface area contributed by atoms with Crippen LogP contribution in [0.2, 0.25) is 0 Å². The van der Waals surface area contributed by atoms with Gasteiger partial charge in [-0.3, -0.25) is 0 Å². The molecule has 2 N–H and O–H groups in total. The minimum atomic E-state index is -0.0631. The molecule has 0 bridgehead atoms. The number of pyridine rings is 1. The van der Waals surface area contributed by atoms with Gasteiger partial charge in [-0.05, 0) is 31.9 Å². The van der Waals surface area contributed by atoms with Crippen LogP contribution >= 0.6 is 0 Å². The van der Waals surface area contributed by atoms with Crippen molar-refractivity contribution in [1.82, 2.24) is 14.5 Å². The number of nitrogen functional groups attached to an aromatic ring is 1. The number of imidazole rings is 1. The molecule has 100 valence electrons. The SMILES string of the molecule is CC1(n2cncc2-c2cccnc2N)CCCOC1. The van der Waals surface area contributed by atoms with Crippen LogP contribution in [0.15, 0.2) is 30.9 Å². The van der Waals surface area contributed by atoms with Gasteiger partial charge in [-0.2, -0.15) is 0 Å². The van der Waals surface area contributed by atoms with E-state index in [0.29, 0.717) is 12.4 Å². The Morgan fingerprint density at radius 2 is 2.37 bits per heavy atom. The van der Waals surface area contributed by atoms with Gasteiger partial charge in [-0.1, -0.05) is 0 Å². The number of rotatable bonds is 2. The Bertz CT molecular complexity index is 572. The zero-order chi connectivity index (χ0) is 13.3. The molecule has 0 saturated carbocycles. The third kappa shape index (κ3) is 2.10. The predicted molar refractivity (Wildman–Crippen MR) is 73.6 cm³/mol. The zero-order valence-electron chi connectivity index (χ0n) is 11.0. The lowest BCUT2D eigenvalue weighted by Gasteiger charge is -2.36. The summed E-state index contributed by atoms with van der Waals surface area (Å²) in [7, 11) is 0. The molecule has 1 unspecified atom stereocenters. The van der Waals surface area contributed by atoms with Crippen molar-refractivity contribution >= 4 is 5.82 Å². The van der Waals surface area contributed by atoms with E-state index in [4.69, 9.17) is 10.5 Å². The Kier molecular flexibility index (Phi) is 2.98. The lowest BCUT2D eigenvalue weighted by molar-refractivity contribution is 0.0102. The van der Waals surface area contributed by atoms with Crippen LogP contribution in [0.3, 0.4) is 0 Å². The van der Waals surface area contributed by atoms with Crippen molar-refractivity contribution in [2.45, 2.75) is 25.3 Å². The van der Waals surface area contributed by atoms with Crippen LogP contribution in [0.4, 0.5) is 5.82 Å². The number of hydrogen-bond donors (Lipinski definition) is 1. The standard InChI is InChI=1S/C14H18N4O/c1-14(5-3-7-19-9-14)18-10-16-8-12(18)11-4-2-6-17-13(11)15/h2,4,6,8,10H,3,5,7,9H2,1H3,(H2,15,17). The molecule has 3 heterocycles. The van der Waals surface area contributed by atoms with E-state index in [1.54, 1.807) is 6.20 Å². The zero-order valence-corrected chi connectivity index (χ0v) is 11.0. The number of hydrogen-bond acceptors (Lipinski definition) is 4. The average molecular weight is 258 g/mol. The Balaban J connectivity index is 2.06. The van der Waals surface area contributed by atoms with Crippen LogP contribution in [0.5, 0.6) is 0 Å². The summed E-state index contributed by atoms with van der Waals surface area (Å²) in [6.07, 6.45) is 7.54. The molecule has 5 heteroatoms. The minimum absolute atomic E-state index is 0.0631. The maximum Gasteiger partial charge on any atom is 0.132 e. The van der Waals surface area contributed by atoms with Crippen LogP contribution < -0.4 is 5.73 Å². The maximum absolute atomic E-state index is 5.97. The summed E-state index contributed by atoms with van der Waals surface area (Å²) in [6, 6.07) is 3.87. The molecule has 0 amide bonds. The van der Waals surface area contributed by atoms with Crippen molar-refractivity contribution in [1.29, 1.82) is 0 Å². The van der Waals surface area contributed by atoms with Gasteiger partial charge in [0.25, 0.3) is 0 Å². The van der Waals surface area contributed by atoms with E-state index >= 15 is 0 Å². The Morgan fingerprint density at radius 3 is 3.11 bits per heavy atom. The van der Waals surface area contributed by atoms with Gasteiger partial charge in [0.1, 0.15) is 5.82 Å². The first kappa shape index (κ1) is 12.2. The molecule has 0 aliphatic carbocycles. The van der Waals surface area contributed by atoms with Gasteiger partial charge in [0.15, 0.2) is 0 Å². The highest BCUT2D eigenvalue weighted by Crippen LogP contribution is 2.33. The fourth-order valence-electron chi connectivity index (χ4n) is 2.67. The third-order valence-corrected chi connectivity index (χ3v) is 3.75. The van der Waals surface area contributed by atoms with Gasteiger partial charge >= 0.3 is 0 Å². The number of nitrogens with zero attached hydrogens (tertiary/aromatic N) is 3. The fourth-order valence-corrected chi connectivity index (χ4v) is 2.67. The number of ether oxygens (including phenoxy) is 1. The lowest BCUT2D eigenvalue weighted by atomic mass is 9.94. The smallest absolute Gasteiger partial charge is 0.132 e. The van der Waals surface area contributed by atoms with Gasteiger partial charge in [0, 0.05) is 18.4 Å². The van der Waals surface area contributed by atoms with Gasteiger partial charge < -0.3 is 15.0 Å². The molecule has 2 aromatic rings. The second-order valence-corrected chi connectivity index (χ2v) is 5.24. The third-order valence-electron chi connectivity index (χ3n) is 3.75. The normalized spacial score (nSPS) is 23.4. The van der Waals surface area contributed by atoms with E-state index in [2.05, 4.69) is 21.5 Å². The Hall–Kier alpha value is -1.88. The summed E-state index contributed by atoms with van der Waals surface area (Å²) < 4.78 is 7.80. The van der Waals surface area contributed by atoms with E-state index in [0.717, 1.165) is 30.7 Å². The fraction of sp³-hybridized carbons (Fsp3) is 0.429. The quantitative estimate of drug-likeness (QED) is 0.895. The first-order valence-electron chi connectivity index (χ1n) is 6.52. The molecule has 1 aliphatic rings. The van der Waals surface area contributed by atoms with E-state index in [-0.39, 0.29) is 5.54 Å². The summed E-state index contributed by atoms with van der Waals surface area (Å²) in [5, 5.41) is 0. The summed E-state index contributed by atoms with van der Waals surface area (Å²) in [4.78, 5) is 8.43. The average Bonchev–Trinajstić information content (AvgIpc) is 2.90. The molecule has 2 aromatic heterocycles. The van der Waals surface area contributed by atoms with Crippen molar-refractivity contribution in [3.8, 4) is 11.3 Å². The van der Waals surface area contributed by atoms with Crippen molar-refractivity contribution in [2.75, 3.05) is 18.9 Å².